The summed E-state index contributed by atoms with van der Waals surface area (Å²) in [5, 5.41) is 6.28. The average Bonchev–Trinajstić information content (AvgIpc) is 2.63. The summed E-state index contributed by atoms with van der Waals surface area (Å²) < 4.78 is 0. The molecule has 3 heteroatoms. The average molecular weight is 338 g/mol. The zero-order chi connectivity index (χ0) is 18.2. The molecule has 0 aliphatic carbocycles. The van der Waals surface area contributed by atoms with Crippen molar-refractivity contribution in [1.82, 2.24) is 10.6 Å². The van der Waals surface area contributed by atoms with Crippen molar-refractivity contribution in [1.29, 1.82) is 0 Å². The lowest BCUT2D eigenvalue weighted by Gasteiger charge is -2.32. The first-order valence-corrected chi connectivity index (χ1v) is 9.28. The molecule has 1 amide bonds. The van der Waals surface area contributed by atoms with Gasteiger partial charge in [0, 0.05) is 0 Å². The van der Waals surface area contributed by atoms with E-state index in [-0.39, 0.29) is 17.9 Å². The van der Waals surface area contributed by atoms with E-state index in [1.165, 1.54) is 16.7 Å². The summed E-state index contributed by atoms with van der Waals surface area (Å²) in [6.07, 6.45) is 0.837. The molecule has 2 unspecified atom stereocenters. The molecule has 0 aromatic heterocycles. The van der Waals surface area contributed by atoms with Gasteiger partial charge in [0.2, 0.25) is 5.91 Å². The molecule has 25 heavy (non-hydrogen) atoms. The SMILES string of the molecule is CCC1C(=O)NC(c2ccc(C)cc2)c2ccccc21.CCNCC. The summed E-state index contributed by atoms with van der Waals surface area (Å²) in [5.41, 5.74) is 4.77. The number of hydrogen-bond donors (Lipinski definition) is 2. The Morgan fingerprint density at radius 3 is 2.04 bits per heavy atom. The molecule has 0 spiro atoms. The number of aryl methyl sites for hydroxylation is 1. The van der Waals surface area contributed by atoms with E-state index in [9.17, 15) is 4.79 Å². The fourth-order valence-corrected chi connectivity index (χ4v) is 3.23. The third kappa shape index (κ3) is 4.70. The van der Waals surface area contributed by atoms with Crippen LogP contribution < -0.4 is 10.6 Å². The Bertz CT molecular complexity index is 677. The quantitative estimate of drug-likeness (QED) is 0.871. The summed E-state index contributed by atoms with van der Waals surface area (Å²) in [6, 6.07) is 16.6. The fraction of sp³-hybridized carbons (Fsp3) is 0.409. The maximum atomic E-state index is 12.3. The second kappa shape index (κ2) is 9.38. The molecule has 2 atom stereocenters. The third-order valence-electron chi connectivity index (χ3n) is 4.60. The predicted molar refractivity (Wildman–Crippen MR) is 105 cm³/mol. The largest absolute Gasteiger partial charge is 0.345 e. The van der Waals surface area contributed by atoms with Gasteiger partial charge in [0.15, 0.2) is 0 Å². The number of hydrogen-bond acceptors (Lipinski definition) is 2. The normalized spacial score (nSPS) is 18.6. The zero-order valence-electron chi connectivity index (χ0n) is 15.8. The number of carbonyl (C=O) groups is 1. The minimum Gasteiger partial charge on any atom is -0.345 e. The number of amides is 1. The number of carbonyl (C=O) groups excluding carboxylic acids is 1. The van der Waals surface area contributed by atoms with Crippen molar-refractivity contribution in [3.05, 3.63) is 70.8 Å². The lowest BCUT2D eigenvalue weighted by Crippen LogP contribution is -2.38. The van der Waals surface area contributed by atoms with Crippen LogP contribution in [0.3, 0.4) is 0 Å². The van der Waals surface area contributed by atoms with Crippen LogP contribution in [0.25, 0.3) is 0 Å². The molecular formula is C22H30N2O. The first kappa shape index (κ1) is 19.2. The summed E-state index contributed by atoms with van der Waals surface area (Å²) in [7, 11) is 0. The van der Waals surface area contributed by atoms with Crippen molar-refractivity contribution in [2.75, 3.05) is 13.1 Å². The van der Waals surface area contributed by atoms with E-state index in [1.54, 1.807) is 0 Å². The Hall–Kier alpha value is -2.13. The molecule has 2 aromatic carbocycles. The van der Waals surface area contributed by atoms with E-state index in [0.717, 1.165) is 25.1 Å². The van der Waals surface area contributed by atoms with Crippen molar-refractivity contribution < 1.29 is 4.79 Å². The van der Waals surface area contributed by atoms with Gasteiger partial charge in [-0.05, 0) is 43.1 Å². The Morgan fingerprint density at radius 2 is 1.52 bits per heavy atom. The van der Waals surface area contributed by atoms with Crippen LogP contribution in [0.15, 0.2) is 48.5 Å². The van der Waals surface area contributed by atoms with E-state index in [2.05, 4.69) is 74.7 Å². The molecule has 1 aliphatic heterocycles. The van der Waals surface area contributed by atoms with Gasteiger partial charge in [0.1, 0.15) is 0 Å². The second-order valence-electron chi connectivity index (χ2n) is 6.40. The highest BCUT2D eigenvalue weighted by molar-refractivity contribution is 5.87. The van der Waals surface area contributed by atoms with Crippen molar-refractivity contribution in [2.45, 2.75) is 46.1 Å². The third-order valence-corrected chi connectivity index (χ3v) is 4.60. The van der Waals surface area contributed by atoms with Crippen LogP contribution in [0.4, 0.5) is 0 Å². The van der Waals surface area contributed by atoms with Crippen molar-refractivity contribution in [2.24, 2.45) is 0 Å². The van der Waals surface area contributed by atoms with E-state index in [0.29, 0.717) is 0 Å². The first-order chi connectivity index (χ1) is 12.1. The highest BCUT2D eigenvalue weighted by Crippen LogP contribution is 2.35. The highest BCUT2D eigenvalue weighted by Gasteiger charge is 2.32. The molecule has 1 aliphatic rings. The number of benzene rings is 2. The van der Waals surface area contributed by atoms with Crippen molar-refractivity contribution in [3.8, 4) is 0 Å². The molecule has 3 rings (SSSR count). The fourth-order valence-electron chi connectivity index (χ4n) is 3.23. The van der Waals surface area contributed by atoms with E-state index >= 15 is 0 Å². The number of fused-ring (bicyclic) bond motifs is 1. The first-order valence-electron chi connectivity index (χ1n) is 9.28. The molecule has 0 fully saturated rings. The molecule has 0 radical (unpaired) electrons. The minimum atomic E-state index is -0.0258. The maximum Gasteiger partial charge on any atom is 0.228 e. The van der Waals surface area contributed by atoms with Gasteiger partial charge in [-0.25, -0.2) is 0 Å². The summed E-state index contributed by atoms with van der Waals surface area (Å²) in [6.45, 7) is 10.5. The van der Waals surface area contributed by atoms with Gasteiger partial charge in [0.25, 0.3) is 0 Å². The van der Waals surface area contributed by atoms with Gasteiger partial charge in [-0.1, -0.05) is 74.9 Å². The van der Waals surface area contributed by atoms with Gasteiger partial charge in [-0.15, -0.1) is 0 Å². The van der Waals surface area contributed by atoms with Crippen LogP contribution in [-0.4, -0.2) is 19.0 Å². The lowest BCUT2D eigenvalue weighted by atomic mass is 9.82. The zero-order valence-corrected chi connectivity index (χ0v) is 15.8. The molecule has 0 bridgehead atoms. The molecule has 0 saturated heterocycles. The standard InChI is InChI=1S/C18H19NO.C4H11N/c1-3-14-15-6-4-5-7-16(15)17(19-18(14)20)13-10-8-12(2)9-11-13;1-3-5-4-2/h4-11,14,17H,3H2,1-2H3,(H,19,20);5H,3-4H2,1-2H3. The van der Waals surface area contributed by atoms with Crippen LogP contribution in [0.2, 0.25) is 0 Å². The minimum absolute atomic E-state index is 0.0205. The summed E-state index contributed by atoms with van der Waals surface area (Å²) >= 11 is 0. The summed E-state index contributed by atoms with van der Waals surface area (Å²) in [5.74, 6) is 0.115. The lowest BCUT2D eigenvalue weighted by molar-refractivity contribution is -0.123. The molecule has 3 nitrogen and oxygen atoms in total. The van der Waals surface area contributed by atoms with Crippen LogP contribution in [0, 0.1) is 6.92 Å². The van der Waals surface area contributed by atoms with Crippen LogP contribution in [0.5, 0.6) is 0 Å². The Balaban J connectivity index is 0.000000399. The van der Waals surface area contributed by atoms with Gasteiger partial charge in [-0.3, -0.25) is 4.79 Å². The molecule has 2 aromatic rings. The van der Waals surface area contributed by atoms with Gasteiger partial charge in [0.05, 0.1) is 12.0 Å². The number of rotatable bonds is 4. The molecule has 134 valence electrons. The van der Waals surface area contributed by atoms with Gasteiger partial charge in [-0.2, -0.15) is 0 Å². The molecule has 1 heterocycles. The van der Waals surface area contributed by atoms with E-state index in [1.807, 2.05) is 12.1 Å². The van der Waals surface area contributed by atoms with Crippen LogP contribution in [0.1, 0.15) is 61.4 Å². The predicted octanol–water partition coefficient (Wildman–Crippen LogP) is 4.32. The summed E-state index contributed by atoms with van der Waals surface area (Å²) in [4.78, 5) is 12.3. The number of nitrogens with one attached hydrogen (secondary N) is 2. The molecule has 0 saturated carbocycles. The topological polar surface area (TPSA) is 41.1 Å². The van der Waals surface area contributed by atoms with Crippen molar-refractivity contribution in [3.63, 3.8) is 0 Å². The Morgan fingerprint density at radius 1 is 0.920 bits per heavy atom. The Kier molecular flexibility index (Phi) is 7.20. The maximum absolute atomic E-state index is 12.3. The van der Waals surface area contributed by atoms with Crippen LogP contribution >= 0.6 is 0 Å². The molecule has 2 N–H and O–H groups in total. The monoisotopic (exact) mass is 338 g/mol. The van der Waals surface area contributed by atoms with Gasteiger partial charge < -0.3 is 10.6 Å². The smallest absolute Gasteiger partial charge is 0.228 e. The second-order valence-corrected chi connectivity index (χ2v) is 6.40. The Labute approximate surface area is 151 Å². The van der Waals surface area contributed by atoms with Gasteiger partial charge >= 0.3 is 0 Å². The highest BCUT2D eigenvalue weighted by atomic mass is 16.2. The van der Waals surface area contributed by atoms with E-state index in [4.69, 9.17) is 0 Å². The van der Waals surface area contributed by atoms with E-state index < -0.39 is 0 Å². The van der Waals surface area contributed by atoms with Crippen molar-refractivity contribution >= 4 is 5.91 Å². The molecular weight excluding hydrogens is 308 g/mol. The van der Waals surface area contributed by atoms with Crippen LogP contribution in [-0.2, 0) is 4.79 Å².